The lowest BCUT2D eigenvalue weighted by Crippen LogP contribution is -2.17. The summed E-state index contributed by atoms with van der Waals surface area (Å²) in [5.41, 5.74) is 4.08. The van der Waals surface area contributed by atoms with Crippen LogP contribution in [0.2, 0.25) is 0 Å². The molecule has 0 aliphatic carbocycles. The molecule has 0 heterocycles. The van der Waals surface area contributed by atoms with Crippen molar-refractivity contribution in [1.29, 1.82) is 0 Å². The standard InChI is InChI=1S/C12H19NO2/c1-10(2)9-15-13-8-11-5-4-6-12(7-11)14-3/h4-7,10,13H,8-9H2,1-3H3. The molecule has 84 valence electrons. The van der Waals surface area contributed by atoms with E-state index in [4.69, 9.17) is 9.57 Å². The molecule has 0 fully saturated rings. The topological polar surface area (TPSA) is 30.5 Å². The van der Waals surface area contributed by atoms with Crippen molar-refractivity contribution in [3.05, 3.63) is 29.8 Å². The Morgan fingerprint density at radius 1 is 1.33 bits per heavy atom. The lowest BCUT2D eigenvalue weighted by molar-refractivity contribution is 0.0196. The summed E-state index contributed by atoms with van der Waals surface area (Å²) in [6.45, 7) is 5.66. The van der Waals surface area contributed by atoms with Crippen molar-refractivity contribution < 1.29 is 9.57 Å². The van der Waals surface area contributed by atoms with Crippen LogP contribution in [0.1, 0.15) is 19.4 Å². The van der Waals surface area contributed by atoms with Crippen LogP contribution in [0.15, 0.2) is 24.3 Å². The lowest BCUT2D eigenvalue weighted by atomic mass is 10.2. The first-order valence-electron chi connectivity index (χ1n) is 5.20. The van der Waals surface area contributed by atoms with E-state index >= 15 is 0 Å². The summed E-state index contributed by atoms with van der Waals surface area (Å²) in [5.74, 6) is 1.42. The number of rotatable bonds is 6. The highest BCUT2D eigenvalue weighted by Gasteiger charge is 1.96. The third-order valence-electron chi connectivity index (χ3n) is 1.93. The van der Waals surface area contributed by atoms with Gasteiger partial charge in [0.2, 0.25) is 0 Å². The van der Waals surface area contributed by atoms with E-state index in [-0.39, 0.29) is 0 Å². The molecule has 1 N–H and O–H groups in total. The van der Waals surface area contributed by atoms with Gasteiger partial charge in [-0.2, -0.15) is 5.48 Å². The highest BCUT2D eigenvalue weighted by Crippen LogP contribution is 2.11. The summed E-state index contributed by atoms with van der Waals surface area (Å²) >= 11 is 0. The molecule has 0 aliphatic heterocycles. The highest BCUT2D eigenvalue weighted by molar-refractivity contribution is 5.28. The van der Waals surface area contributed by atoms with Crippen molar-refractivity contribution >= 4 is 0 Å². The molecule has 0 atom stereocenters. The first-order valence-corrected chi connectivity index (χ1v) is 5.20. The monoisotopic (exact) mass is 209 g/mol. The summed E-state index contributed by atoms with van der Waals surface area (Å²) in [7, 11) is 1.67. The maximum atomic E-state index is 5.28. The van der Waals surface area contributed by atoms with Crippen LogP contribution in [0, 0.1) is 5.92 Å². The van der Waals surface area contributed by atoms with E-state index in [1.54, 1.807) is 7.11 Å². The Bertz CT molecular complexity index is 287. The van der Waals surface area contributed by atoms with Crippen LogP contribution in [-0.2, 0) is 11.4 Å². The first-order chi connectivity index (χ1) is 7.22. The Kier molecular flexibility index (Phi) is 5.15. The molecule has 1 aromatic carbocycles. The number of hydrogen-bond donors (Lipinski definition) is 1. The molecule has 0 saturated carbocycles. The summed E-state index contributed by atoms with van der Waals surface area (Å²) in [6.07, 6.45) is 0. The lowest BCUT2D eigenvalue weighted by Gasteiger charge is -2.08. The fourth-order valence-electron chi connectivity index (χ4n) is 1.14. The number of hydroxylamine groups is 1. The SMILES string of the molecule is COc1cccc(CNOCC(C)C)c1. The molecule has 3 nitrogen and oxygen atoms in total. The largest absolute Gasteiger partial charge is 0.497 e. The van der Waals surface area contributed by atoms with Gasteiger partial charge in [0.15, 0.2) is 0 Å². The zero-order valence-corrected chi connectivity index (χ0v) is 9.62. The van der Waals surface area contributed by atoms with E-state index in [1.807, 2.05) is 24.3 Å². The van der Waals surface area contributed by atoms with Crippen LogP contribution >= 0.6 is 0 Å². The Morgan fingerprint density at radius 3 is 2.80 bits per heavy atom. The molecule has 0 saturated heterocycles. The van der Waals surface area contributed by atoms with E-state index in [9.17, 15) is 0 Å². The van der Waals surface area contributed by atoms with Crippen molar-refractivity contribution in [3.63, 3.8) is 0 Å². The van der Waals surface area contributed by atoms with E-state index < -0.39 is 0 Å². The van der Waals surface area contributed by atoms with Gasteiger partial charge in [-0.25, -0.2) is 0 Å². The second kappa shape index (κ2) is 6.43. The van der Waals surface area contributed by atoms with Gasteiger partial charge in [-0.1, -0.05) is 26.0 Å². The number of hydrogen-bond acceptors (Lipinski definition) is 3. The van der Waals surface area contributed by atoms with Gasteiger partial charge < -0.3 is 9.57 Å². The number of benzene rings is 1. The molecule has 0 aliphatic rings. The molecular weight excluding hydrogens is 190 g/mol. The van der Waals surface area contributed by atoms with Crippen molar-refractivity contribution in [1.82, 2.24) is 5.48 Å². The molecule has 15 heavy (non-hydrogen) atoms. The fourth-order valence-corrected chi connectivity index (χ4v) is 1.14. The van der Waals surface area contributed by atoms with Crippen LogP contribution in [0.4, 0.5) is 0 Å². The van der Waals surface area contributed by atoms with Crippen molar-refractivity contribution in [2.75, 3.05) is 13.7 Å². The second-order valence-electron chi connectivity index (χ2n) is 3.88. The smallest absolute Gasteiger partial charge is 0.119 e. The van der Waals surface area contributed by atoms with Crippen LogP contribution in [-0.4, -0.2) is 13.7 Å². The first kappa shape index (κ1) is 12.0. The molecule has 0 spiro atoms. The molecule has 0 bridgehead atoms. The van der Waals surface area contributed by atoms with Gasteiger partial charge in [0.05, 0.1) is 13.7 Å². The summed E-state index contributed by atoms with van der Waals surface area (Å²) < 4.78 is 5.13. The third-order valence-corrected chi connectivity index (χ3v) is 1.93. The molecule has 0 amide bonds. The zero-order chi connectivity index (χ0) is 11.1. The zero-order valence-electron chi connectivity index (χ0n) is 9.62. The van der Waals surface area contributed by atoms with Crippen LogP contribution in [0.3, 0.4) is 0 Å². The van der Waals surface area contributed by atoms with Crippen LogP contribution in [0.5, 0.6) is 5.75 Å². The Labute approximate surface area is 91.4 Å². The number of ether oxygens (including phenoxy) is 1. The van der Waals surface area contributed by atoms with Gasteiger partial charge in [0.1, 0.15) is 5.75 Å². The van der Waals surface area contributed by atoms with E-state index in [1.165, 1.54) is 0 Å². The molecule has 1 aromatic rings. The van der Waals surface area contributed by atoms with Gasteiger partial charge in [0.25, 0.3) is 0 Å². The van der Waals surface area contributed by atoms with E-state index in [0.29, 0.717) is 12.5 Å². The average molecular weight is 209 g/mol. The minimum Gasteiger partial charge on any atom is -0.497 e. The van der Waals surface area contributed by atoms with Gasteiger partial charge in [-0.05, 0) is 23.6 Å². The molecular formula is C12H19NO2. The second-order valence-corrected chi connectivity index (χ2v) is 3.88. The van der Waals surface area contributed by atoms with Gasteiger partial charge in [-0.3, -0.25) is 0 Å². The van der Waals surface area contributed by atoms with E-state index in [0.717, 1.165) is 17.9 Å². The Balaban J connectivity index is 2.30. The summed E-state index contributed by atoms with van der Waals surface area (Å²) in [5, 5.41) is 0. The van der Waals surface area contributed by atoms with Gasteiger partial charge in [0, 0.05) is 6.54 Å². The fraction of sp³-hybridized carbons (Fsp3) is 0.500. The predicted molar refractivity (Wildman–Crippen MR) is 60.6 cm³/mol. The maximum absolute atomic E-state index is 5.28. The molecule has 0 radical (unpaired) electrons. The molecule has 3 heteroatoms. The number of methoxy groups -OCH3 is 1. The quantitative estimate of drug-likeness (QED) is 0.576. The normalized spacial score (nSPS) is 10.7. The number of nitrogens with one attached hydrogen (secondary N) is 1. The van der Waals surface area contributed by atoms with E-state index in [2.05, 4.69) is 19.3 Å². The molecule has 0 aromatic heterocycles. The average Bonchev–Trinajstić information content (AvgIpc) is 2.24. The minimum atomic E-state index is 0.544. The van der Waals surface area contributed by atoms with Crippen LogP contribution < -0.4 is 10.2 Å². The van der Waals surface area contributed by atoms with Crippen LogP contribution in [0.25, 0.3) is 0 Å². The summed E-state index contributed by atoms with van der Waals surface area (Å²) in [6, 6.07) is 7.93. The predicted octanol–water partition coefficient (Wildman–Crippen LogP) is 2.37. The maximum Gasteiger partial charge on any atom is 0.119 e. The third kappa shape index (κ3) is 4.81. The van der Waals surface area contributed by atoms with Crippen molar-refractivity contribution in [2.45, 2.75) is 20.4 Å². The highest BCUT2D eigenvalue weighted by atomic mass is 16.6. The van der Waals surface area contributed by atoms with Crippen molar-refractivity contribution in [3.8, 4) is 5.75 Å². The molecule has 1 rings (SSSR count). The van der Waals surface area contributed by atoms with Gasteiger partial charge in [-0.15, -0.1) is 0 Å². The van der Waals surface area contributed by atoms with Crippen molar-refractivity contribution in [2.24, 2.45) is 5.92 Å². The Morgan fingerprint density at radius 2 is 2.13 bits per heavy atom. The summed E-state index contributed by atoms with van der Waals surface area (Å²) in [4.78, 5) is 5.28. The van der Waals surface area contributed by atoms with Gasteiger partial charge >= 0.3 is 0 Å². The molecule has 0 unspecified atom stereocenters. The minimum absolute atomic E-state index is 0.544. The Hall–Kier alpha value is -1.06.